The summed E-state index contributed by atoms with van der Waals surface area (Å²) >= 11 is 0. The van der Waals surface area contributed by atoms with Crippen LogP contribution in [0.15, 0.2) is 72.9 Å². The van der Waals surface area contributed by atoms with Crippen molar-refractivity contribution in [2.45, 2.75) is 19.9 Å². The molecule has 1 N–H and O–H groups in total. The summed E-state index contributed by atoms with van der Waals surface area (Å²) in [7, 11) is 0. The summed E-state index contributed by atoms with van der Waals surface area (Å²) in [4.78, 5) is 41.9. The molecule has 0 fully saturated rings. The number of carbonyl (C=O) groups is 3. The molecule has 0 spiro atoms. The molecule has 1 aromatic heterocycles. The Labute approximate surface area is 180 Å². The van der Waals surface area contributed by atoms with E-state index in [4.69, 9.17) is 0 Å². The van der Waals surface area contributed by atoms with Gasteiger partial charge in [-0.05, 0) is 42.3 Å². The van der Waals surface area contributed by atoms with E-state index in [9.17, 15) is 19.5 Å². The summed E-state index contributed by atoms with van der Waals surface area (Å²) in [5.41, 5.74) is 2.82. The second-order valence-electron chi connectivity index (χ2n) is 7.23. The number of fused-ring (bicyclic) bond motifs is 1. The lowest BCUT2D eigenvalue weighted by molar-refractivity contribution is -0.115. The molecule has 3 aromatic rings. The van der Waals surface area contributed by atoms with Crippen LogP contribution < -0.4 is 0 Å². The quantitative estimate of drug-likeness (QED) is 0.542. The van der Waals surface area contributed by atoms with Crippen LogP contribution in [0.2, 0.25) is 0 Å². The van der Waals surface area contributed by atoms with Gasteiger partial charge in [0, 0.05) is 31.1 Å². The lowest BCUT2D eigenvalue weighted by Gasteiger charge is -2.22. The van der Waals surface area contributed by atoms with Gasteiger partial charge in [0.1, 0.15) is 0 Å². The molecule has 0 unspecified atom stereocenters. The summed E-state index contributed by atoms with van der Waals surface area (Å²) in [6, 6.07) is 16.6. The number of aliphatic hydroxyl groups excluding tert-OH is 1. The molecular weight excluding hydrogens is 392 g/mol. The van der Waals surface area contributed by atoms with Gasteiger partial charge in [-0.1, -0.05) is 42.5 Å². The Morgan fingerprint density at radius 2 is 1.68 bits per heavy atom. The molecule has 0 aliphatic carbocycles. The first kappa shape index (κ1) is 22.1. The van der Waals surface area contributed by atoms with Gasteiger partial charge in [0.15, 0.2) is 11.6 Å². The minimum Gasteiger partial charge on any atom is -0.395 e. The minimum atomic E-state index is -0.202. The van der Waals surface area contributed by atoms with Gasteiger partial charge in [0.2, 0.25) is 0 Å². The first-order valence-electron chi connectivity index (χ1n) is 10.0. The molecule has 2 aromatic carbocycles. The lowest BCUT2D eigenvalue weighted by atomic mass is 10.0. The van der Waals surface area contributed by atoms with Crippen LogP contribution in [0.1, 0.15) is 28.4 Å². The van der Waals surface area contributed by atoms with Crippen LogP contribution in [-0.2, 0) is 22.6 Å². The smallest absolute Gasteiger partial charge is 0.256 e. The Kier molecular flexibility index (Phi) is 7.40. The molecule has 0 atom stereocenters. The lowest BCUT2D eigenvalue weighted by Crippen LogP contribution is -2.33. The zero-order valence-corrected chi connectivity index (χ0v) is 17.3. The van der Waals surface area contributed by atoms with Gasteiger partial charge in [-0.3, -0.25) is 19.4 Å². The Morgan fingerprint density at radius 1 is 0.968 bits per heavy atom. The van der Waals surface area contributed by atoms with E-state index in [0.717, 1.165) is 16.5 Å². The fourth-order valence-corrected chi connectivity index (χ4v) is 3.27. The molecule has 0 saturated heterocycles. The highest BCUT2D eigenvalue weighted by molar-refractivity contribution is 6.05. The van der Waals surface area contributed by atoms with Gasteiger partial charge in [0.05, 0.1) is 17.7 Å². The second-order valence-corrected chi connectivity index (χ2v) is 7.23. The van der Waals surface area contributed by atoms with Crippen molar-refractivity contribution in [3.05, 3.63) is 89.6 Å². The molecule has 0 aliphatic heterocycles. The van der Waals surface area contributed by atoms with E-state index < -0.39 is 0 Å². The van der Waals surface area contributed by atoms with Crippen LogP contribution in [0, 0.1) is 0 Å². The fraction of sp³-hybridized carbons (Fsp3) is 0.200. The van der Waals surface area contributed by atoms with E-state index in [1.807, 2.05) is 48.5 Å². The van der Waals surface area contributed by atoms with E-state index in [-0.39, 0.29) is 37.0 Å². The van der Waals surface area contributed by atoms with E-state index in [1.165, 1.54) is 19.1 Å². The van der Waals surface area contributed by atoms with Crippen LogP contribution in [-0.4, -0.2) is 45.6 Å². The highest BCUT2D eigenvalue weighted by atomic mass is 16.3. The molecule has 6 heteroatoms. The summed E-state index contributed by atoms with van der Waals surface area (Å²) < 4.78 is 0. The number of benzene rings is 2. The molecule has 1 heterocycles. The number of pyridine rings is 1. The van der Waals surface area contributed by atoms with Gasteiger partial charge >= 0.3 is 0 Å². The summed E-state index contributed by atoms with van der Waals surface area (Å²) in [6.07, 6.45) is 4.40. The largest absolute Gasteiger partial charge is 0.395 e. The molecule has 0 bridgehead atoms. The number of hydrogen-bond donors (Lipinski definition) is 1. The van der Waals surface area contributed by atoms with E-state index in [2.05, 4.69) is 4.98 Å². The van der Waals surface area contributed by atoms with Crippen LogP contribution in [0.4, 0.5) is 0 Å². The number of amides is 1. The Morgan fingerprint density at radius 3 is 2.39 bits per heavy atom. The molecule has 0 radical (unpaired) electrons. The van der Waals surface area contributed by atoms with Crippen LogP contribution >= 0.6 is 0 Å². The maximum Gasteiger partial charge on any atom is 0.256 e. The summed E-state index contributed by atoms with van der Waals surface area (Å²) in [6.45, 7) is 1.75. The third-order valence-corrected chi connectivity index (χ3v) is 4.80. The summed E-state index contributed by atoms with van der Waals surface area (Å²) in [5, 5.41) is 10.4. The molecule has 3 rings (SSSR count). The molecule has 0 aliphatic rings. The molecule has 158 valence electrons. The molecule has 6 nitrogen and oxygen atoms in total. The number of para-hydroxylation sites is 1. The first-order chi connectivity index (χ1) is 15.0. The van der Waals surface area contributed by atoms with Gasteiger partial charge in [0.25, 0.3) is 5.91 Å². The highest BCUT2D eigenvalue weighted by Gasteiger charge is 2.18. The van der Waals surface area contributed by atoms with Gasteiger partial charge in [-0.25, -0.2) is 0 Å². The third-order valence-electron chi connectivity index (χ3n) is 4.80. The van der Waals surface area contributed by atoms with Crippen molar-refractivity contribution in [1.82, 2.24) is 9.88 Å². The van der Waals surface area contributed by atoms with Crippen LogP contribution in [0.5, 0.6) is 0 Å². The van der Waals surface area contributed by atoms with Crippen molar-refractivity contribution in [2.75, 3.05) is 13.2 Å². The number of carbonyl (C=O) groups excluding carboxylic acids is 3. The average Bonchev–Trinajstić information content (AvgIpc) is 2.78. The van der Waals surface area contributed by atoms with Crippen molar-refractivity contribution in [3.8, 4) is 0 Å². The molecule has 31 heavy (non-hydrogen) atoms. The summed E-state index contributed by atoms with van der Waals surface area (Å²) in [5.74, 6) is -0.519. The zero-order valence-electron chi connectivity index (χ0n) is 17.3. The van der Waals surface area contributed by atoms with Crippen molar-refractivity contribution in [2.24, 2.45) is 0 Å². The minimum absolute atomic E-state index is 0.150. The van der Waals surface area contributed by atoms with Crippen LogP contribution in [0.25, 0.3) is 10.9 Å². The number of allylic oxidation sites excluding steroid dienone is 2. The standard InChI is InChI=1S/C25H24N2O4/c1-18(29)7-12-22(30)16-19-8-10-20(11-9-19)17-27(14-15-28)25(31)23-6-2-4-21-5-3-13-26-24(21)23/h2-13,28H,14-17H2,1H3/b12-7+. The molecule has 0 saturated carbocycles. The number of ketones is 2. The van der Waals surface area contributed by atoms with E-state index >= 15 is 0 Å². The van der Waals surface area contributed by atoms with Gasteiger partial charge in [-0.15, -0.1) is 0 Å². The number of nitrogens with zero attached hydrogens (tertiary/aromatic N) is 2. The average molecular weight is 416 g/mol. The maximum atomic E-state index is 13.2. The molecular formula is C25H24N2O4. The van der Waals surface area contributed by atoms with Crippen molar-refractivity contribution < 1.29 is 19.5 Å². The van der Waals surface area contributed by atoms with Gasteiger partial charge in [-0.2, -0.15) is 0 Å². The van der Waals surface area contributed by atoms with E-state index in [0.29, 0.717) is 17.6 Å². The first-order valence-corrected chi connectivity index (χ1v) is 10.0. The third kappa shape index (κ3) is 5.93. The number of aromatic nitrogens is 1. The van der Waals surface area contributed by atoms with E-state index in [1.54, 1.807) is 17.2 Å². The molecule has 1 amide bonds. The Hall–Kier alpha value is -3.64. The monoisotopic (exact) mass is 416 g/mol. The SMILES string of the molecule is CC(=O)/C=C/C(=O)Cc1ccc(CN(CCO)C(=O)c2cccc3cccnc23)cc1. The van der Waals surface area contributed by atoms with Crippen LogP contribution in [0.3, 0.4) is 0 Å². The Balaban J connectivity index is 1.74. The fourth-order valence-electron chi connectivity index (χ4n) is 3.27. The van der Waals surface area contributed by atoms with Crippen molar-refractivity contribution >= 4 is 28.4 Å². The number of aliphatic hydroxyl groups is 1. The predicted molar refractivity (Wildman–Crippen MR) is 119 cm³/mol. The van der Waals surface area contributed by atoms with Crippen molar-refractivity contribution in [3.63, 3.8) is 0 Å². The number of rotatable bonds is 9. The Bertz CT molecular complexity index is 1110. The second kappa shape index (κ2) is 10.4. The normalized spacial score (nSPS) is 11.0. The topological polar surface area (TPSA) is 87.6 Å². The zero-order chi connectivity index (χ0) is 22.2. The predicted octanol–water partition coefficient (Wildman–Crippen LogP) is 3.13. The van der Waals surface area contributed by atoms with Gasteiger partial charge < -0.3 is 10.0 Å². The maximum absolute atomic E-state index is 13.2. The highest BCUT2D eigenvalue weighted by Crippen LogP contribution is 2.19. The number of hydrogen-bond acceptors (Lipinski definition) is 5. The van der Waals surface area contributed by atoms with Crippen molar-refractivity contribution in [1.29, 1.82) is 0 Å².